The Kier molecular flexibility index (Phi) is 2.42. The van der Waals surface area contributed by atoms with Crippen LogP contribution in [-0.4, -0.2) is 20.7 Å². The van der Waals surface area contributed by atoms with E-state index in [1.165, 1.54) is 17.5 Å². The van der Waals surface area contributed by atoms with Gasteiger partial charge in [0.05, 0.1) is 11.2 Å². The molecule has 0 aromatic carbocycles. The molecular formula is C9H7N5OS. The van der Waals surface area contributed by atoms with Crippen molar-refractivity contribution in [1.29, 1.82) is 5.26 Å². The average molecular weight is 233 g/mol. The van der Waals surface area contributed by atoms with Gasteiger partial charge >= 0.3 is 0 Å². The fourth-order valence-corrected chi connectivity index (χ4v) is 1.76. The van der Waals surface area contributed by atoms with E-state index in [0.717, 1.165) is 9.69 Å². The summed E-state index contributed by atoms with van der Waals surface area (Å²) in [5.74, 6) is -0.387. The third-order valence-corrected chi connectivity index (χ3v) is 2.73. The van der Waals surface area contributed by atoms with Crippen LogP contribution in [0.2, 0.25) is 0 Å². The van der Waals surface area contributed by atoms with E-state index >= 15 is 0 Å². The first-order valence-corrected chi connectivity index (χ1v) is 5.22. The molecule has 0 saturated carbocycles. The molecule has 0 fully saturated rings. The third-order valence-electron chi connectivity index (χ3n) is 1.96. The predicted molar refractivity (Wildman–Crippen MR) is 57.9 cm³/mol. The number of nitrogen functional groups attached to an aromatic ring is 1. The molecule has 6 nitrogen and oxygen atoms in total. The lowest BCUT2D eigenvalue weighted by Crippen LogP contribution is -2.16. The monoisotopic (exact) mass is 233 g/mol. The summed E-state index contributed by atoms with van der Waals surface area (Å²) in [5, 5.41) is 14.9. The summed E-state index contributed by atoms with van der Waals surface area (Å²) in [7, 11) is 0. The summed E-state index contributed by atoms with van der Waals surface area (Å²) in [6.45, 7) is 1.80. The van der Waals surface area contributed by atoms with Crippen molar-refractivity contribution in [3.8, 4) is 6.07 Å². The van der Waals surface area contributed by atoms with Crippen molar-refractivity contribution < 1.29 is 4.79 Å². The highest BCUT2D eigenvalue weighted by Gasteiger charge is 2.17. The van der Waals surface area contributed by atoms with Crippen LogP contribution in [0.5, 0.6) is 0 Å². The zero-order valence-corrected chi connectivity index (χ0v) is 9.15. The molecule has 2 N–H and O–H groups in total. The number of nitrogens with zero attached hydrogens (tertiary/aromatic N) is 4. The van der Waals surface area contributed by atoms with Gasteiger partial charge in [0, 0.05) is 5.38 Å². The molecule has 0 aliphatic heterocycles. The molecule has 0 saturated heterocycles. The molecule has 0 radical (unpaired) electrons. The Bertz CT molecular complexity index is 591. The minimum atomic E-state index is -0.427. The van der Waals surface area contributed by atoms with Gasteiger partial charge in [-0.05, 0) is 6.92 Å². The molecule has 0 bridgehead atoms. The Labute approximate surface area is 94.9 Å². The smallest absolute Gasteiger partial charge is 0.299 e. The third kappa shape index (κ3) is 1.55. The standard InChI is InChI=1S/C9H7N5OS/c1-5-13-7(4-16-5)9(15)14-8(11)6(2-10)3-12-14/h3-4H,11H2,1H3. The quantitative estimate of drug-likeness (QED) is 0.785. The van der Waals surface area contributed by atoms with E-state index in [1.807, 2.05) is 6.07 Å². The van der Waals surface area contributed by atoms with Crippen LogP contribution in [0.15, 0.2) is 11.6 Å². The van der Waals surface area contributed by atoms with Crippen LogP contribution in [0.4, 0.5) is 5.82 Å². The van der Waals surface area contributed by atoms with Gasteiger partial charge in [-0.3, -0.25) is 4.79 Å². The highest BCUT2D eigenvalue weighted by molar-refractivity contribution is 7.09. The molecule has 0 aliphatic rings. The van der Waals surface area contributed by atoms with E-state index in [4.69, 9.17) is 11.0 Å². The summed E-state index contributed by atoms with van der Waals surface area (Å²) in [6, 6.07) is 1.85. The maximum absolute atomic E-state index is 11.9. The molecule has 0 atom stereocenters. The Hall–Kier alpha value is -2.20. The van der Waals surface area contributed by atoms with Crippen molar-refractivity contribution in [2.75, 3.05) is 5.73 Å². The van der Waals surface area contributed by atoms with Crippen molar-refractivity contribution in [1.82, 2.24) is 14.8 Å². The molecule has 0 unspecified atom stereocenters. The van der Waals surface area contributed by atoms with Gasteiger partial charge in [-0.1, -0.05) is 0 Å². The maximum Gasteiger partial charge on any atom is 0.299 e. The molecule has 2 aromatic heterocycles. The number of carbonyl (C=O) groups excluding carboxylic acids is 1. The normalized spacial score (nSPS) is 10.0. The number of anilines is 1. The lowest BCUT2D eigenvalue weighted by Gasteiger charge is -1.98. The first kappa shape index (κ1) is 10.3. The topological polar surface area (TPSA) is 97.6 Å². The van der Waals surface area contributed by atoms with E-state index in [2.05, 4.69) is 10.1 Å². The van der Waals surface area contributed by atoms with E-state index in [-0.39, 0.29) is 17.1 Å². The van der Waals surface area contributed by atoms with Gasteiger partial charge < -0.3 is 5.73 Å². The second-order valence-electron chi connectivity index (χ2n) is 3.02. The first-order chi connectivity index (χ1) is 7.63. The van der Waals surface area contributed by atoms with Gasteiger partial charge in [0.1, 0.15) is 23.1 Å². The summed E-state index contributed by atoms with van der Waals surface area (Å²) in [5.41, 5.74) is 6.05. The van der Waals surface area contributed by atoms with Crippen molar-refractivity contribution in [2.24, 2.45) is 0 Å². The zero-order chi connectivity index (χ0) is 11.7. The molecule has 2 heterocycles. The van der Waals surface area contributed by atoms with E-state index in [9.17, 15) is 4.79 Å². The number of aromatic nitrogens is 3. The number of carbonyl (C=O) groups is 1. The Morgan fingerprint density at radius 3 is 2.94 bits per heavy atom. The second-order valence-corrected chi connectivity index (χ2v) is 4.09. The molecule has 0 amide bonds. The van der Waals surface area contributed by atoms with Crippen molar-refractivity contribution in [3.05, 3.63) is 27.8 Å². The van der Waals surface area contributed by atoms with E-state index in [1.54, 1.807) is 12.3 Å². The number of nitriles is 1. The molecule has 2 rings (SSSR count). The highest BCUT2D eigenvalue weighted by atomic mass is 32.1. The molecule has 0 spiro atoms. The summed E-state index contributed by atoms with van der Waals surface area (Å²) in [6.07, 6.45) is 1.26. The van der Waals surface area contributed by atoms with Gasteiger partial charge in [0.25, 0.3) is 5.91 Å². The summed E-state index contributed by atoms with van der Waals surface area (Å²) in [4.78, 5) is 15.9. The number of rotatable bonds is 1. The van der Waals surface area contributed by atoms with Gasteiger partial charge in [-0.15, -0.1) is 11.3 Å². The molecule has 2 aromatic rings. The SMILES string of the molecule is Cc1nc(C(=O)n2ncc(C#N)c2N)cs1. The van der Waals surface area contributed by atoms with Crippen LogP contribution in [0.25, 0.3) is 0 Å². The predicted octanol–water partition coefficient (Wildman–Crippen LogP) is 0.790. The van der Waals surface area contributed by atoms with Crippen LogP contribution in [-0.2, 0) is 0 Å². The second kappa shape index (κ2) is 3.75. The number of hydrogen-bond acceptors (Lipinski definition) is 6. The lowest BCUT2D eigenvalue weighted by atomic mass is 10.3. The van der Waals surface area contributed by atoms with Crippen molar-refractivity contribution >= 4 is 23.1 Å². The van der Waals surface area contributed by atoms with Gasteiger partial charge in [-0.25, -0.2) is 4.98 Å². The molecular weight excluding hydrogens is 226 g/mol. The molecule has 7 heteroatoms. The average Bonchev–Trinajstić information content (AvgIpc) is 2.84. The van der Waals surface area contributed by atoms with Crippen LogP contribution in [0, 0.1) is 18.3 Å². The van der Waals surface area contributed by atoms with Gasteiger partial charge in [0.2, 0.25) is 0 Å². The highest BCUT2D eigenvalue weighted by Crippen LogP contribution is 2.14. The largest absolute Gasteiger partial charge is 0.382 e. The molecule has 0 aliphatic carbocycles. The van der Waals surface area contributed by atoms with Crippen molar-refractivity contribution in [2.45, 2.75) is 6.92 Å². The van der Waals surface area contributed by atoms with Crippen LogP contribution in [0.1, 0.15) is 21.1 Å². The van der Waals surface area contributed by atoms with Gasteiger partial charge in [0.15, 0.2) is 0 Å². The maximum atomic E-state index is 11.9. The van der Waals surface area contributed by atoms with Gasteiger partial charge in [-0.2, -0.15) is 15.0 Å². The van der Waals surface area contributed by atoms with Crippen LogP contribution in [0.3, 0.4) is 0 Å². The van der Waals surface area contributed by atoms with E-state index in [0.29, 0.717) is 0 Å². The number of nitrogens with two attached hydrogens (primary N) is 1. The minimum Gasteiger partial charge on any atom is -0.382 e. The van der Waals surface area contributed by atoms with Crippen LogP contribution < -0.4 is 5.73 Å². The van der Waals surface area contributed by atoms with Crippen molar-refractivity contribution in [3.63, 3.8) is 0 Å². The summed E-state index contributed by atoms with van der Waals surface area (Å²) < 4.78 is 0.979. The lowest BCUT2D eigenvalue weighted by molar-refractivity contribution is 0.0943. The Morgan fingerprint density at radius 2 is 2.44 bits per heavy atom. The van der Waals surface area contributed by atoms with E-state index < -0.39 is 5.91 Å². The summed E-state index contributed by atoms with van der Waals surface area (Å²) >= 11 is 1.37. The fraction of sp³-hybridized carbons (Fsp3) is 0.111. The first-order valence-electron chi connectivity index (χ1n) is 4.34. The van der Waals surface area contributed by atoms with Crippen LogP contribution >= 0.6 is 11.3 Å². The number of aryl methyl sites for hydroxylation is 1. The fourth-order valence-electron chi connectivity index (χ4n) is 1.18. The Balaban J connectivity index is 2.42. The minimum absolute atomic E-state index is 0.0400. The zero-order valence-electron chi connectivity index (χ0n) is 8.34. The molecule has 80 valence electrons. The molecule has 16 heavy (non-hydrogen) atoms. The number of hydrogen-bond donors (Lipinski definition) is 1. The Morgan fingerprint density at radius 1 is 1.69 bits per heavy atom. The number of thiazole rings is 1.